The summed E-state index contributed by atoms with van der Waals surface area (Å²) in [4.78, 5) is 17.0. The van der Waals surface area contributed by atoms with E-state index >= 15 is 0 Å². The molecule has 3 aromatic rings. The fourth-order valence-corrected chi connectivity index (χ4v) is 4.69. The van der Waals surface area contributed by atoms with Gasteiger partial charge in [0.2, 0.25) is 0 Å². The van der Waals surface area contributed by atoms with Crippen LogP contribution in [0.15, 0.2) is 30.3 Å². The standard InChI is InChI=1S/C18H19ClN4OS.ClH/c1-11-14-9-16(25-18(14)22(2)21-11)17(24)23-7-6-20-10-15(23)12-4-3-5-13(19)8-12;/h3-5,8-9,15,20H,6-7,10H2,1-2H3;1H. The average Bonchev–Trinajstić information content (AvgIpc) is 3.16. The van der Waals surface area contributed by atoms with Gasteiger partial charge < -0.3 is 10.2 Å². The molecule has 1 fully saturated rings. The number of aryl methyl sites for hydroxylation is 2. The van der Waals surface area contributed by atoms with E-state index in [1.807, 2.05) is 53.9 Å². The number of hydrogen-bond donors (Lipinski definition) is 1. The molecule has 1 aliphatic rings. The van der Waals surface area contributed by atoms with Gasteiger partial charge in [0, 0.05) is 37.1 Å². The normalized spacial score (nSPS) is 17.3. The maximum Gasteiger partial charge on any atom is 0.264 e. The number of nitrogens with one attached hydrogen (secondary N) is 1. The van der Waals surface area contributed by atoms with Crippen molar-refractivity contribution < 1.29 is 4.79 Å². The molecule has 1 atom stereocenters. The first kappa shape index (κ1) is 19.2. The van der Waals surface area contributed by atoms with Crippen molar-refractivity contribution in [2.45, 2.75) is 13.0 Å². The summed E-state index contributed by atoms with van der Waals surface area (Å²) < 4.78 is 1.85. The third-order valence-electron chi connectivity index (χ3n) is 4.64. The summed E-state index contributed by atoms with van der Waals surface area (Å²) in [7, 11) is 1.92. The molecule has 1 N–H and O–H groups in total. The van der Waals surface area contributed by atoms with E-state index in [9.17, 15) is 4.79 Å². The van der Waals surface area contributed by atoms with Crippen LogP contribution in [0.2, 0.25) is 5.02 Å². The van der Waals surface area contributed by atoms with Gasteiger partial charge >= 0.3 is 0 Å². The second kappa shape index (κ2) is 7.56. The van der Waals surface area contributed by atoms with Crippen LogP contribution in [0.5, 0.6) is 0 Å². The third-order valence-corrected chi connectivity index (χ3v) is 6.07. The highest BCUT2D eigenvalue weighted by atomic mass is 35.5. The van der Waals surface area contributed by atoms with Crippen molar-refractivity contribution in [2.24, 2.45) is 7.05 Å². The Kier molecular flexibility index (Phi) is 5.58. The summed E-state index contributed by atoms with van der Waals surface area (Å²) in [6.07, 6.45) is 0. The summed E-state index contributed by atoms with van der Waals surface area (Å²) in [5, 5.41) is 9.55. The first-order valence-electron chi connectivity index (χ1n) is 8.25. The third kappa shape index (κ3) is 3.34. The molecule has 0 saturated carbocycles. The van der Waals surface area contributed by atoms with Crippen molar-refractivity contribution in [3.63, 3.8) is 0 Å². The predicted octanol–water partition coefficient (Wildman–Crippen LogP) is 3.81. The molecule has 0 bridgehead atoms. The Morgan fingerprint density at radius 2 is 2.19 bits per heavy atom. The molecule has 4 rings (SSSR count). The molecule has 1 unspecified atom stereocenters. The number of benzene rings is 1. The lowest BCUT2D eigenvalue weighted by atomic mass is 10.0. The van der Waals surface area contributed by atoms with Gasteiger partial charge in [-0.1, -0.05) is 23.7 Å². The van der Waals surface area contributed by atoms with E-state index in [4.69, 9.17) is 11.6 Å². The maximum absolute atomic E-state index is 13.2. The van der Waals surface area contributed by atoms with E-state index < -0.39 is 0 Å². The summed E-state index contributed by atoms with van der Waals surface area (Å²) >= 11 is 7.66. The summed E-state index contributed by atoms with van der Waals surface area (Å²) in [5.41, 5.74) is 2.02. The second-order valence-electron chi connectivity index (χ2n) is 6.31. The topological polar surface area (TPSA) is 50.2 Å². The number of nitrogens with zero attached hydrogens (tertiary/aromatic N) is 3. The van der Waals surface area contributed by atoms with Crippen LogP contribution in [0.25, 0.3) is 10.2 Å². The Balaban J connectivity index is 0.00000196. The number of carbonyl (C=O) groups excluding carboxylic acids is 1. The van der Waals surface area contributed by atoms with Gasteiger partial charge in [-0.3, -0.25) is 9.48 Å². The largest absolute Gasteiger partial charge is 0.328 e. The quantitative estimate of drug-likeness (QED) is 0.698. The lowest BCUT2D eigenvalue weighted by Gasteiger charge is -2.36. The van der Waals surface area contributed by atoms with Crippen LogP contribution in [0.3, 0.4) is 0 Å². The molecule has 8 heteroatoms. The number of piperazine rings is 1. The maximum atomic E-state index is 13.2. The van der Waals surface area contributed by atoms with Crippen molar-refractivity contribution >= 4 is 51.5 Å². The minimum Gasteiger partial charge on any atom is -0.328 e. The van der Waals surface area contributed by atoms with Crippen molar-refractivity contribution in [2.75, 3.05) is 19.6 Å². The van der Waals surface area contributed by atoms with E-state index in [0.29, 0.717) is 11.6 Å². The zero-order valence-electron chi connectivity index (χ0n) is 14.5. The monoisotopic (exact) mass is 410 g/mol. The molecule has 5 nitrogen and oxygen atoms in total. The number of rotatable bonds is 2. The van der Waals surface area contributed by atoms with Crippen LogP contribution >= 0.6 is 35.3 Å². The molecule has 0 radical (unpaired) electrons. The van der Waals surface area contributed by atoms with Crippen molar-refractivity contribution in [3.05, 3.63) is 51.5 Å². The molecule has 2 aromatic heterocycles. The van der Waals surface area contributed by atoms with Crippen LogP contribution in [-0.4, -0.2) is 40.2 Å². The second-order valence-corrected chi connectivity index (χ2v) is 7.78. The Bertz CT molecular complexity index is 917. The smallest absolute Gasteiger partial charge is 0.264 e. The SMILES string of the molecule is Cc1nn(C)c2sc(C(=O)N3CCNCC3c3cccc(Cl)c3)cc12.Cl. The van der Waals surface area contributed by atoms with Crippen LogP contribution < -0.4 is 5.32 Å². The first-order valence-corrected chi connectivity index (χ1v) is 9.44. The lowest BCUT2D eigenvalue weighted by Crippen LogP contribution is -2.48. The Morgan fingerprint density at radius 1 is 1.38 bits per heavy atom. The molecule has 3 heterocycles. The molecular formula is C18H20Cl2N4OS. The molecule has 26 heavy (non-hydrogen) atoms. The minimum atomic E-state index is -0.00983. The molecule has 1 aliphatic heterocycles. The number of thiophene rings is 1. The van der Waals surface area contributed by atoms with Gasteiger partial charge in [-0.25, -0.2) is 0 Å². The molecule has 138 valence electrons. The number of halogens is 2. The van der Waals surface area contributed by atoms with Gasteiger partial charge in [0.15, 0.2) is 0 Å². The zero-order valence-corrected chi connectivity index (χ0v) is 16.9. The highest BCUT2D eigenvalue weighted by Gasteiger charge is 2.30. The Hall–Kier alpha value is -1.60. The molecule has 1 aromatic carbocycles. The van der Waals surface area contributed by atoms with Crippen LogP contribution in [0.1, 0.15) is 27.0 Å². The van der Waals surface area contributed by atoms with E-state index in [1.165, 1.54) is 11.3 Å². The van der Waals surface area contributed by atoms with Crippen LogP contribution in [-0.2, 0) is 7.05 Å². The van der Waals surface area contributed by atoms with Crippen LogP contribution in [0.4, 0.5) is 0 Å². The van der Waals surface area contributed by atoms with Crippen molar-refractivity contribution in [1.29, 1.82) is 0 Å². The number of aromatic nitrogens is 2. The number of hydrogen-bond acceptors (Lipinski definition) is 4. The van der Waals surface area contributed by atoms with Gasteiger partial charge in [0.25, 0.3) is 5.91 Å². The highest BCUT2D eigenvalue weighted by Crippen LogP contribution is 2.31. The molecule has 1 saturated heterocycles. The Morgan fingerprint density at radius 3 is 2.92 bits per heavy atom. The van der Waals surface area contributed by atoms with Crippen LogP contribution in [0, 0.1) is 6.92 Å². The average molecular weight is 411 g/mol. The van der Waals surface area contributed by atoms with E-state index in [1.54, 1.807) is 0 Å². The zero-order chi connectivity index (χ0) is 17.6. The predicted molar refractivity (Wildman–Crippen MR) is 109 cm³/mol. The van der Waals surface area contributed by atoms with Crippen molar-refractivity contribution in [1.82, 2.24) is 20.0 Å². The van der Waals surface area contributed by atoms with E-state index in [0.717, 1.165) is 39.4 Å². The minimum absolute atomic E-state index is 0. The van der Waals surface area contributed by atoms with Gasteiger partial charge in [-0.15, -0.1) is 23.7 Å². The van der Waals surface area contributed by atoms with Gasteiger partial charge in [-0.05, 0) is 30.7 Å². The van der Waals surface area contributed by atoms with Crippen molar-refractivity contribution in [3.8, 4) is 0 Å². The lowest BCUT2D eigenvalue weighted by molar-refractivity contribution is 0.0639. The van der Waals surface area contributed by atoms with Gasteiger partial charge in [0.1, 0.15) is 4.83 Å². The number of fused-ring (bicyclic) bond motifs is 1. The fraction of sp³-hybridized carbons (Fsp3) is 0.333. The molecule has 0 aliphatic carbocycles. The fourth-order valence-electron chi connectivity index (χ4n) is 3.41. The van der Waals surface area contributed by atoms with E-state index in [-0.39, 0.29) is 24.4 Å². The molecule has 0 spiro atoms. The van der Waals surface area contributed by atoms with Gasteiger partial charge in [-0.2, -0.15) is 5.10 Å². The van der Waals surface area contributed by atoms with Gasteiger partial charge in [0.05, 0.1) is 16.6 Å². The summed E-state index contributed by atoms with van der Waals surface area (Å²) in [6.45, 7) is 4.19. The van der Waals surface area contributed by atoms with E-state index in [2.05, 4.69) is 10.4 Å². The first-order chi connectivity index (χ1) is 12.0. The number of carbonyl (C=O) groups is 1. The molecular weight excluding hydrogens is 391 g/mol. The highest BCUT2D eigenvalue weighted by molar-refractivity contribution is 7.20. The Labute approximate surface area is 167 Å². The molecule has 1 amide bonds. The number of amides is 1. The summed E-state index contributed by atoms with van der Waals surface area (Å²) in [5.74, 6) is 0.0760. The summed E-state index contributed by atoms with van der Waals surface area (Å²) in [6, 6.07) is 9.73.